The molecule has 3 amide bonds. The maximum atomic E-state index is 13.2. The van der Waals surface area contributed by atoms with Crippen molar-refractivity contribution < 1.29 is 47.4 Å². The van der Waals surface area contributed by atoms with E-state index in [1.807, 2.05) is 30.3 Å². The summed E-state index contributed by atoms with van der Waals surface area (Å²) in [6.07, 6.45) is 10.9. The lowest BCUT2D eigenvalue weighted by molar-refractivity contribution is -0.133. The van der Waals surface area contributed by atoms with Crippen molar-refractivity contribution in [3.8, 4) is 17.6 Å². The third-order valence-corrected chi connectivity index (χ3v) is 10.6. The molecule has 0 bridgehead atoms. The fourth-order valence-corrected chi connectivity index (χ4v) is 7.28. The van der Waals surface area contributed by atoms with Crippen LogP contribution < -0.4 is 15.4 Å². The van der Waals surface area contributed by atoms with Crippen molar-refractivity contribution in [2.75, 3.05) is 46.1 Å². The minimum Gasteiger partial charge on any atom is -0.491 e. The van der Waals surface area contributed by atoms with Crippen molar-refractivity contribution in [2.45, 2.75) is 110 Å². The zero-order chi connectivity index (χ0) is 41.0. The zero-order valence-electron chi connectivity index (χ0n) is 33.6. The van der Waals surface area contributed by atoms with Gasteiger partial charge >= 0.3 is 19.7 Å². The van der Waals surface area contributed by atoms with Crippen LogP contribution in [0, 0.1) is 11.8 Å². The van der Waals surface area contributed by atoms with Crippen molar-refractivity contribution in [3.05, 3.63) is 65.2 Å². The second-order valence-electron chi connectivity index (χ2n) is 13.5. The Morgan fingerprint density at radius 3 is 2.21 bits per heavy atom. The fraction of sp³-hybridized carbons (Fsp3) is 0.571. The second-order valence-corrected chi connectivity index (χ2v) is 15.5. The first-order chi connectivity index (χ1) is 27.0. The lowest BCUT2D eigenvalue weighted by Gasteiger charge is -2.24. The number of nitrogens with one attached hydrogen (secondary N) is 2. The van der Waals surface area contributed by atoms with Crippen LogP contribution in [0.25, 0.3) is 0 Å². The van der Waals surface area contributed by atoms with Crippen molar-refractivity contribution in [2.24, 2.45) is 0 Å². The molecule has 310 valence electrons. The van der Waals surface area contributed by atoms with Crippen molar-refractivity contribution in [1.82, 2.24) is 15.5 Å². The van der Waals surface area contributed by atoms with Gasteiger partial charge in [-0.1, -0.05) is 94.0 Å². The fourth-order valence-electron chi connectivity index (χ4n) is 5.66. The Kier molecular flexibility index (Phi) is 24.0. The molecule has 2 aromatic rings. The number of carboxylic acids is 1. The molecular formula is C42H62N3O10P. The molecule has 0 aromatic heterocycles. The number of unbranched alkanes of at least 4 members (excludes halogenated alkanes) is 9. The first-order valence-corrected chi connectivity index (χ1v) is 21.6. The highest BCUT2D eigenvalue weighted by molar-refractivity contribution is 7.54. The molecule has 14 heteroatoms. The van der Waals surface area contributed by atoms with Crippen LogP contribution in [0.5, 0.6) is 5.75 Å². The Morgan fingerprint density at radius 2 is 1.55 bits per heavy atom. The number of rotatable bonds is 28. The highest BCUT2D eigenvalue weighted by Crippen LogP contribution is 2.47. The Hall–Kier alpha value is -4.37. The number of likely N-dealkylation sites (N-methyl/N-ethyl adjacent to an activating group) is 1. The van der Waals surface area contributed by atoms with Gasteiger partial charge in [0, 0.05) is 25.6 Å². The highest BCUT2D eigenvalue weighted by atomic mass is 31.2. The summed E-state index contributed by atoms with van der Waals surface area (Å²) in [4.78, 5) is 51.5. The summed E-state index contributed by atoms with van der Waals surface area (Å²) in [5, 5.41) is 15.5. The maximum absolute atomic E-state index is 13.2. The summed E-state index contributed by atoms with van der Waals surface area (Å²) in [6, 6.07) is 13.4. The van der Waals surface area contributed by atoms with E-state index in [4.69, 9.17) is 18.5 Å². The number of carboxylic acid groups (broad SMARTS) is 1. The highest BCUT2D eigenvalue weighted by Gasteiger charge is 2.30. The van der Waals surface area contributed by atoms with Gasteiger partial charge < -0.3 is 39.2 Å². The number of carbonyl (C=O) groups is 4. The number of benzene rings is 2. The molecule has 1 atom stereocenters. The largest absolute Gasteiger partial charge is 0.491 e. The van der Waals surface area contributed by atoms with Gasteiger partial charge in [0.2, 0.25) is 11.8 Å². The lowest BCUT2D eigenvalue weighted by atomic mass is 10.1. The lowest BCUT2D eigenvalue weighted by Crippen LogP contribution is -2.45. The maximum Gasteiger partial charge on any atom is 0.407 e. The van der Waals surface area contributed by atoms with Crippen LogP contribution in [0.1, 0.15) is 119 Å². The Balaban J connectivity index is 2.04. The second kappa shape index (κ2) is 28.1. The number of nitrogens with zero attached hydrogens (tertiary/aromatic N) is 1. The molecule has 0 spiro atoms. The molecule has 2 aromatic carbocycles. The smallest absolute Gasteiger partial charge is 0.407 e. The van der Waals surface area contributed by atoms with Crippen LogP contribution >= 0.6 is 7.60 Å². The first kappa shape index (κ1) is 47.8. The predicted molar refractivity (Wildman–Crippen MR) is 217 cm³/mol. The molecule has 0 fully saturated rings. The summed E-state index contributed by atoms with van der Waals surface area (Å²) < 4.78 is 34.6. The average Bonchev–Trinajstić information content (AvgIpc) is 3.17. The monoisotopic (exact) mass is 799 g/mol. The SMILES string of the molecule is CCCCCCCCCCC#Cc1ccc(C(=O)O)c(OC[C@H](CCCCNC(=O)OCc2ccccc2)NC(=O)CN(C)C(=O)CP(=O)(OCC)OCC)c1. The molecule has 0 saturated carbocycles. The van der Waals surface area contributed by atoms with Gasteiger partial charge in [0.1, 0.15) is 30.7 Å². The summed E-state index contributed by atoms with van der Waals surface area (Å²) >= 11 is 0. The van der Waals surface area contributed by atoms with Crippen LogP contribution in [0.15, 0.2) is 48.5 Å². The van der Waals surface area contributed by atoms with Gasteiger partial charge in [0.15, 0.2) is 0 Å². The molecule has 0 aliphatic heterocycles. The van der Waals surface area contributed by atoms with E-state index >= 15 is 0 Å². The van der Waals surface area contributed by atoms with Gasteiger partial charge in [0.05, 0.1) is 25.8 Å². The van der Waals surface area contributed by atoms with Crippen LogP contribution in [0.2, 0.25) is 0 Å². The molecule has 3 N–H and O–H groups in total. The molecule has 0 radical (unpaired) electrons. The molecule has 0 aliphatic carbocycles. The molecule has 0 unspecified atom stereocenters. The molecule has 2 rings (SSSR count). The van der Waals surface area contributed by atoms with Gasteiger partial charge in [0.25, 0.3) is 0 Å². The topological polar surface area (TPSA) is 170 Å². The van der Waals surface area contributed by atoms with Gasteiger partial charge in [-0.15, -0.1) is 0 Å². The van der Waals surface area contributed by atoms with Gasteiger partial charge in [-0.2, -0.15) is 0 Å². The summed E-state index contributed by atoms with van der Waals surface area (Å²) in [7, 11) is -2.25. The molecular weight excluding hydrogens is 737 g/mol. The normalized spacial score (nSPS) is 11.5. The van der Waals surface area contributed by atoms with E-state index in [2.05, 4.69) is 29.4 Å². The van der Waals surface area contributed by atoms with Crippen molar-refractivity contribution in [3.63, 3.8) is 0 Å². The Bertz CT molecular complexity index is 1580. The van der Waals surface area contributed by atoms with Crippen molar-refractivity contribution in [1.29, 1.82) is 0 Å². The third-order valence-electron chi connectivity index (χ3n) is 8.65. The molecule has 0 heterocycles. The van der Waals surface area contributed by atoms with Crippen LogP contribution in [-0.4, -0.2) is 86.0 Å². The Morgan fingerprint density at radius 1 is 0.875 bits per heavy atom. The van der Waals surface area contributed by atoms with E-state index in [-0.39, 0.29) is 44.3 Å². The first-order valence-electron chi connectivity index (χ1n) is 19.8. The quantitative estimate of drug-likeness (QED) is 0.0436. The summed E-state index contributed by atoms with van der Waals surface area (Å²) in [5.74, 6) is 4.17. The van der Waals surface area contributed by atoms with E-state index in [0.29, 0.717) is 31.4 Å². The Labute approximate surface area is 333 Å². The minimum atomic E-state index is -3.67. The predicted octanol–water partition coefficient (Wildman–Crippen LogP) is 7.95. The average molecular weight is 800 g/mol. The standard InChI is InChI=1S/C42H62N3O10P/c1-5-8-9-10-11-12-13-14-15-17-22-34-26-27-37(41(48)49)38(29-34)52-32-36(25-20-21-28-43-42(50)53-31-35-23-18-16-19-24-35)44-39(46)30-45(4)40(47)33-56(51,54-6-2)55-7-3/h16,18-19,23-24,26-27,29,36H,5-15,20-21,25,28,30-33H2,1-4H3,(H,43,50)(H,44,46)(H,48,49)/t36-/m0/s1. The van der Waals surface area contributed by atoms with E-state index < -0.39 is 43.7 Å². The number of hydrogen-bond donors (Lipinski definition) is 3. The van der Waals surface area contributed by atoms with Crippen molar-refractivity contribution >= 4 is 31.5 Å². The van der Waals surface area contributed by atoms with E-state index in [1.165, 1.54) is 51.6 Å². The molecule has 56 heavy (non-hydrogen) atoms. The van der Waals surface area contributed by atoms with E-state index in [1.54, 1.807) is 26.0 Å². The number of carbonyl (C=O) groups excluding carboxylic acids is 3. The molecule has 0 aliphatic rings. The van der Waals surface area contributed by atoms with E-state index in [9.17, 15) is 28.8 Å². The number of hydrogen-bond acceptors (Lipinski definition) is 9. The summed E-state index contributed by atoms with van der Waals surface area (Å²) in [6.45, 7) is 5.75. The minimum absolute atomic E-state index is 0.0414. The molecule has 13 nitrogen and oxygen atoms in total. The number of alkyl carbamates (subject to hydrolysis) is 1. The van der Waals surface area contributed by atoms with Gasteiger partial charge in [-0.25, -0.2) is 9.59 Å². The van der Waals surface area contributed by atoms with Gasteiger partial charge in [-0.3, -0.25) is 14.2 Å². The van der Waals surface area contributed by atoms with Crippen LogP contribution in [0.4, 0.5) is 4.79 Å². The number of ether oxygens (including phenoxy) is 2. The molecule has 0 saturated heterocycles. The number of aromatic carboxylic acids is 1. The number of amides is 3. The van der Waals surface area contributed by atoms with Gasteiger partial charge in [-0.05, 0) is 63.3 Å². The van der Waals surface area contributed by atoms with E-state index in [0.717, 1.165) is 29.7 Å². The van der Waals surface area contributed by atoms with Crippen LogP contribution in [-0.2, 0) is 34.5 Å². The van der Waals surface area contributed by atoms with Crippen LogP contribution in [0.3, 0.4) is 0 Å². The summed E-state index contributed by atoms with van der Waals surface area (Å²) in [5.41, 5.74) is 1.45. The zero-order valence-corrected chi connectivity index (χ0v) is 34.5. The third kappa shape index (κ3) is 20.5.